The molecule has 1 heterocycles. The summed E-state index contributed by atoms with van der Waals surface area (Å²) in [6.07, 6.45) is 9.49. The molecule has 1 aromatic carbocycles. The van der Waals surface area contributed by atoms with Gasteiger partial charge in [0.15, 0.2) is 0 Å². The van der Waals surface area contributed by atoms with Crippen molar-refractivity contribution in [2.75, 3.05) is 5.65 Å². The van der Waals surface area contributed by atoms with E-state index in [0.29, 0.717) is 29.8 Å². The molecule has 0 radical (unpaired) electrons. The van der Waals surface area contributed by atoms with Crippen LogP contribution in [0.25, 0.3) is 0 Å². The summed E-state index contributed by atoms with van der Waals surface area (Å²) >= 11 is 1.20. The second kappa shape index (κ2) is 7.00. The standard InChI is InChI=1S/C23H31BO3S/c1-22-11-8-18-17-7-5-16(27-28-14-24)13-15(17)4-6-19(18)20(22)9-12-23(22)10-2-3-21(25)26-23/h5,7,13,18-20H,2-4,6,8-12,14,24H2,1H3/t18?,19?,20?,22?,23-/m0/s1/i24TD. The molecule has 28 heavy (non-hydrogen) atoms. The zero-order valence-electron chi connectivity index (χ0n) is 18.7. The van der Waals surface area contributed by atoms with E-state index in [2.05, 4.69) is 25.1 Å². The molecule has 5 atom stereocenters. The monoisotopic (exact) mass is 401 g/mol. The highest BCUT2D eigenvalue weighted by molar-refractivity contribution is 7.96. The SMILES string of the molecule is [2H]B([3H])CSOc1ccc2c(c1)CCC1C2CCC2(C)C1CC[C@@]21CCCC(=O)O1. The van der Waals surface area contributed by atoms with Gasteiger partial charge in [-0.1, -0.05) is 13.0 Å². The molecule has 1 aliphatic heterocycles. The van der Waals surface area contributed by atoms with Crippen LogP contribution in [0.2, 0.25) is 0 Å². The van der Waals surface area contributed by atoms with Crippen LogP contribution in [0.15, 0.2) is 18.2 Å². The Balaban J connectivity index is 1.35. The third kappa shape index (κ3) is 2.75. The number of ether oxygens (including phenoxy) is 1. The summed E-state index contributed by atoms with van der Waals surface area (Å²) in [5.41, 5.74) is 3.17. The van der Waals surface area contributed by atoms with Crippen LogP contribution >= 0.6 is 12.0 Å². The van der Waals surface area contributed by atoms with Crippen LogP contribution in [0.1, 0.15) is 75.3 Å². The van der Waals surface area contributed by atoms with E-state index in [0.717, 1.165) is 37.9 Å². The van der Waals surface area contributed by atoms with Gasteiger partial charge in [-0.2, -0.15) is 0 Å². The summed E-state index contributed by atoms with van der Waals surface area (Å²) in [4.78, 5) is 12.2. The zero-order valence-corrected chi connectivity index (χ0v) is 17.6. The average molecular weight is 401 g/mol. The third-order valence-electron chi connectivity index (χ3n) is 8.48. The van der Waals surface area contributed by atoms with Crippen LogP contribution in [0, 0.1) is 17.3 Å². The van der Waals surface area contributed by atoms with E-state index in [1.54, 1.807) is 0 Å². The van der Waals surface area contributed by atoms with E-state index in [-0.39, 0.29) is 17.0 Å². The Morgan fingerprint density at radius 2 is 2.29 bits per heavy atom. The minimum Gasteiger partial charge on any atom is -0.458 e. The van der Waals surface area contributed by atoms with Crippen molar-refractivity contribution in [1.29, 1.82) is 2.67 Å². The molecule has 4 unspecified atom stereocenters. The van der Waals surface area contributed by atoms with Gasteiger partial charge in [0.1, 0.15) is 19.1 Å². The summed E-state index contributed by atoms with van der Waals surface area (Å²) in [5, 5.41) is 0. The number of aryl methyl sites for hydroxylation is 1. The fourth-order valence-corrected chi connectivity index (χ4v) is 7.53. The lowest BCUT2D eigenvalue weighted by Crippen LogP contribution is -2.54. The number of hydrogen-bond donors (Lipinski definition) is 0. The number of carbonyl (C=O) groups excluding carboxylic acids is 1. The van der Waals surface area contributed by atoms with Crippen molar-refractivity contribution in [3.05, 3.63) is 29.3 Å². The van der Waals surface area contributed by atoms with Crippen LogP contribution in [0.5, 0.6) is 5.75 Å². The van der Waals surface area contributed by atoms with Gasteiger partial charge in [0.05, 0.1) is 0 Å². The van der Waals surface area contributed by atoms with Gasteiger partial charge >= 0.3 is 5.97 Å². The average Bonchev–Trinajstić information content (AvgIpc) is 2.99. The molecular formula is C23H31BO3S. The smallest absolute Gasteiger partial charge is 0.306 e. The molecular weight excluding hydrogens is 367 g/mol. The van der Waals surface area contributed by atoms with Crippen LogP contribution in [-0.2, 0) is 16.0 Å². The molecule has 0 N–H and O–H groups in total. The Kier molecular flexibility index (Phi) is 4.17. The van der Waals surface area contributed by atoms with E-state index in [4.69, 9.17) is 11.6 Å². The largest absolute Gasteiger partial charge is 0.458 e. The summed E-state index contributed by atoms with van der Waals surface area (Å²) < 4.78 is 26.4. The molecule has 150 valence electrons. The topological polar surface area (TPSA) is 35.5 Å². The first-order valence-corrected chi connectivity index (χ1v) is 11.8. The molecule has 3 fully saturated rings. The van der Waals surface area contributed by atoms with Gasteiger partial charge in [-0.05, 0) is 95.1 Å². The predicted octanol–water partition coefficient (Wildman–Crippen LogP) is 4.63. The third-order valence-corrected chi connectivity index (χ3v) is 8.93. The van der Waals surface area contributed by atoms with Crippen molar-refractivity contribution in [3.8, 4) is 5.75 Å². The van der Waals surface area contributed by atoms with Gasteiger partial charge < -0.3 is 8.92 Å². The molecule has 3 aliphatic carbocycles. The second-order valence-corrected chi connectivity index (χ2v) is 10.2. The quantitative estimate of drug-likeness (QED) is 0.419. The number of rotatable bonds is 4. The maximum Gasteiger partial charge on any atom is 0.306 e. The Labute approximate surface area is 176 Å². The number of hydrogen-bond acceptors (Lipinski definition) is 4. The van der Waals surface area contributed by atoms with Gasteiger partial charge in [0.25, 0.3) is 0 Å². The fraction of sp³-hybridized carbons (Fsp3) is 0.696. The normalized spacial score (nSPS) is 39.9. The molecule has 0 bridgehead atoms. The molecule has 1 saturated heterocycles. The fourth-order valence-electron chi connectivity index (χ4n) is 7.22. The van der Waals surface area contributed by atoms with E-state index in [1.807, 2.05) is 0 Å². The highest BCUT2D eigenvalue weighted by atomic mass is 32.2. The zero-order chi connectivity index (χ0) is 20.9. The summed E-state index contributed by atoms with van der Waals surface area (Å²) in [7, 11) is -0.858. The molecule has 4 aliphatic rings. The van der Waals surface area contributed by atoms with Gasteiger partial charge in [0, 0.05) is 29.5 Å². The maximum absolute atomic E-state index is 12.2. The number of esters is 1. The molecule has 5 rings (SSSR count). The highest BCUT2D eigenvalue weighted by Crippen LogP contribution is 2.67. The van der Waals surface area contributed by atoms with Crippen molar-refractivity contribution < 1.29 is 13.7 Å². The van der Waals surface area contributed by atoms with Crippen molar-refractivity contribution in [2.45, 2.75) is 76.2 Å². The van der Waals surface area contributed by atoms with Crippen LogP contribution in [-0.4, -0.2) is 27.7 Å². The molecule has 5 heteroatoms. The molecule has 2 saturated carbocycles. The van der Waals surface area contributed by atoms with Crippen LogP contribution in [0.4, 0.5) is 0 Å². The van der Waals surface area contributed by atoms with Crippen LogP contribution < -0.4 is 4.18 Å². The Bertz CT molecular complexity index is 837. The van der Waals surface area contributed by atoms with Gasteiger partial charge in [-0.15, -0.1) is 0 Å². The maximum atomic E-state index is 12.2. The van der Waals surface area contributed by atoms with E-state index >= 15 is 0 Å². The number of fused-ring (bicyclic) bond motifs is 6. The predicted molar refractivity (Wildman–Crippen MR) is 115 cm³/mol. The van der Waals surface area contributed by atoms with E-state index in [1.165, 1.54) is 42.4 Å². The molecule has 1 aromatic rings. The lowest BCUT2D eigenvalue weighted by atomic mass is 9.52. The van der Waals surface area contributed by atoms with Crippen LogP contribution in [0.3, 0.4) is 0 Å². The van der Waals surface area contributed by atoms with Gasteiger partial charge in [-0.3, -0.25) is 4.79 Å². The second-order valence-electron chi connectivity index (χ2n) is 9.46. The summed E-state index contributed by atoms with van der Waals surface area (Å²) in [6, 6.07) is 6.49. The lowest BCUT2D eigenvalue weighted by Gasteiger charge is -2.55. The first kappa shape index (κ1) is 16.7. The summed E-state index contributed by atoms with van der Waals surface area (Å²) in [6.45, 7) is 2.43. The first-order valence-electron chi connectivity index (χ1n) is 12.1. The Morgan fingerprint density at radius 3 is 3.14 bits per heavy atom. The van der Waals surface area contributed by atoms with E-state index in [9.17, 15) is 4.79 Å². The Hall–Kier alpha value is -1.10. The van der Waals surface area contributed by atoms with Crippen molar-refractivity contribution in [2.24, 2.45) is 17.3 Å². The summed E-state index contributed by atoms with van der Waals surface area (Å²) in [5.74, 6) is 2.80. The highest BCUT2D eigenvalue weighted by Gasteiger charge is 2.64. The Morgan fingerprint density at radius 1 is 1.36 bits per heavy atom. The minimum absolute atomic E-state index is 0.0202. The molecule has 3 nitrogen and oxygen atoms in total. The molecule has 0 amide bonds. The molecule has 0 aromatic heterocycles. The van der Waals surface area contributed by atoms with Crippen molar-refractivity contribution >= 4 is 25.8 Å². The van der Waals surface area contributed by atoms with Gasteiger partial charge in [-0.25, -0.2) is 0 Å². The number of benzene rings is 1. The lowest BCUT2D eigenvalue weighted by molar-refractivity contribution is -0.190. The van der Waals surface area contributed by atoms with Gasteiger partial charge in [0.2, 0.25) is 0 Å². The molecule has 1 spiro atoms. The number of carbonyl (C=O) groups is 1. The van der Waals surface area contributed by atoms with Crippen molar-refractivity contribution in [3.63, 3.8) is 0 Å². The first-order chi connectivity index (χ1) is 14.4. The minimum atomic E-state index is -0.858. The van der Waals surface area contributed by atoms with Crippen molar-refractivity contribution in [1.82, 2.24) is 0 Å². The van der Waals surface area contributed by atoms with E-state index < -0.39 is 7.77 Å².